The number of amidine groups is 1. The molecule has 0 saturated carbocycles. The summed E-state index contributed by atoms with van der Waals surface area (Å²) in [7, 11) is 0. The smallest absolute Gasteiger partial charge is 0.160 e. The number of pyridine rings is 1. The Bertz CT molecular complexity index is 917. The zero-order valence-corrected chi connectivity index (χ0v) is 18.3. The second-order valence-corrected chi connectivity index (χ2v) is 9.30. The van der Waals surface area contributed by atoms with Crippen LogP contribution >= 0.6 is 11.8 Å². The van der Waals surface area contributed by atoms with Crippen LogP contribution in [0.25, 0.3) is 0 Å². The minimum absolute atomic E-state index is 0.0188. The minimum atomic E-state index is -0.0188. The molecule has 4 heterocycles. The highest BCUT2D eigenvalue weighted by Gasteiger charge is 2.44. The average Bonchev–Trinajstić information content (AvgIpc) is 3.31. The summed E-state index contributed by atoms with van der Waals surface area (Å²) in [6.45, 7) is 9.33. The Kier molecular flexibility index (Phi) is 5.56. The van der Waals surface area contributed by atoms with Crippen LogP contribution in [-0.4, -0.2) is 59.8 Å². The zero-order chi connectivity index (χ0) is 20.5. The molecule has 1 aromatic carbocycles. The molecule has 2 fully saturated rings. The molecule has 0 unspecified atom stereocenters. The van der Waals surface area contributed by atoms with Crippen molar-refractivity contribution < 1.29 is 9.47 Å². The summed E-state index contributed by atoms with van der Waals surface area (Å²) in [5.74, 6) is 0.952. The maximum atomic E-state index is 6.18. The van der Waals surface area contributed by atoms with E-state index in [1.165, 1.54) is 11.3 Å². The summed E-state index contributed by atoms with van der Waals surface area (Å²) in [5, 5.41) is 1.67. The summed E-state index contributed by atoms with van der Waals surface area (Å²) >= 11 is 1.86. The fraction of sp³-hybridized carbons (Fsp3) is 0.478. The van der Waals surface area contributed by atoms with Crippen LogP contribution in [0.1, 0.15) is 37.2 Å². The van der Waals surface area contributed by atoms with E-state index in [2.05, 4.69) is 46.0 Å². The van der Waals surface area contributed by atoms with E-state index in [-0.39, 0.29) is 12.1 Å². The van der Waals surface area contributed by atoms with E-state index in [4.69, 9.17) is 14.5 Å². The van der Waals surface area contributed by atoms with Gasteiger partial charge in [0.05, 0.1) is 31.6 Å². The van der Waals surface area contributed by atoms with Crippen LogP contribution in [0, 0.1) is 0 Å². The largest absolute Gasteiger partial charge is 0.493 e. The highest BCUT2D eigenvalue weighted by atomic mass is 32.2. The first-order valence-corrected chi connectivity index (χ1v) is 11.6. The van der Waals surface area contributed by atoms with Gasteiger partial charge in [0.2, 0.25) is 0 Å². The number of anilines is 1. The number of thioether (sulfide) groups is 1. The Morgan fingerprint density at radius 1 is 1.20 bits per heavy atom. The van der Waals surface area contributed by atoms with Crippen LogP contribution in [0.4, 0.5) is 5.69 Å². The first-order valence-electron chi connectivity index (χ1n) is 10.8. The lowest BCUT2D eigenvalue weighted by atomic mass is 9.95. The predicted octanol–water partition coefficient (Wildman–Crippen LogP) is 3.91. The van der Waals surface area contributed by atoms with Crippen molar-refractivity contribution in [1.29, 1.82) is 0 Å². The molecule has 7 heteroatoms. The molecule has 6 nitrogen and oxygen atoms in total. The predicted molar refractivity (Wildman–Crippen MR) is 122 cm³/mol. The molecule has 158 valence electrons. The number of hydrogen-bond donors (Lipinski definition) is 0. The van der Waals surface area contributed by atoms with E-state index in [0.717, 1.165) is 49.5 Å². The van der Waals surface area contributed by atoms with Crippen LogP contribution in [0.2, 0.25) is 0 Å². The third-order valence-corrected chi connectivity index (χ3v) is 6.98. The fourth-order valence-corrected chi connectivity index (χ4v) is 5.61. The fourth-order valence-electron chi connectivity index (χ4n) is 4.52. The summed E-state index contributed by atoms with van der Waals surface area (Å²) in [5.41, 5.74) is 3.40. The Labute approximate surface area is 182 Å². The van der Waals surface area contributed by atoms with Gasteiger partial charge in [-0.1, -0.05) is 30.8 Å². The average molecular weight is 425 g/mol. The van der Waals surface area contributed by atoms with Gasteiger partial charge in [-0.3, -0.25) is 9.98 Å². The van der Waals surface area contributed by atoms with E-state index in [0.29, 0.717) is 11.9 Å². The lowest BCUT2D eigenvalue weighted by Crippen LogP contribution is -2.36. The monoisotopic (exact) mass is 424 g/mol. The molecule has 3 aliphatic rings. The van der Waals surface area contributed by atoms with Gasteiger partial charge in [-0.2, -0.15) is 0 Å². The SMILES string of the molecule is CCOc1cc(N2CCOCC2)ccc1[C@@H]1[C@@H](c2ccccn2)N=C2S[C@@H](C)CN21. The molecule has 0 N–H and O–H groups in total. The third-order valence-electron chi connectivity index (χ3n) is 5.87. The van der Waals surface area contributed by atoms with E-state index in [1.807, 2.05) is 37.0 Å². The summed E-state index contributed by atoms with van der Waals surface area (Å²) < 4.78 is 11.7. The van der Waals surface area contributed by atoms with Crippen molar-refractivity contribution in [2.24, 2.45) is 4.99 Å². The van der Waals surface area contributed by atoms with Crippen LogP contribution in [0.15, 0.2) is 47.6 Å². The van der Waals surface area contributed by atoms with Gasteiger partial charge in [-0.05, 0) is 25.1 Å². The van der Waals surface area contributed by atoms with Gasteiger partial charge in [0.15, 0.2) is 5.17 Å². The number of hydrogen-bond acceptors (Lipinski definition) is 7. The molecule has 0 bridgehead atoms. The van der Waals surface area contributed by atoms with Crippen molar-refractivity contribution in [2.75, 3.05) is 44.4 Å². The van der Waals surface area contributed by atoms with Gasteiger partial charge in [-0.25, -0.2) is 0 Å². The molecule has 5 rings (SSSR count). The highest BCUT2D eigenvalue weighted by Crippen LogP contribution is 2.50. The minimum Gasteiger partial charge on any atom is -0.493 e. The highest BCUT2D eigenvalue weighted by molar-refractivity contribution is 8.14. The molecule has 3 atom stereocenters. The molecule has 0 spiro atoms. The molecule has 3 aliphatic heterocycles. The number of morpholine rings is 1. The van der Waals surface area contributed by atoms with Crippen LogP contribution in [-0.2, 0) is 4.74 Å². The number of aromatic nitrogens is 1. The van der Waals surface area contributed by atoms with Crippen molar-refractivity contribution in [3.8, 4) is 5.75 Å². The second kappa shape index (κ2) is 8.47. The number of benzene rings is 1. The molecule has 2 aromatic rings. The molecule has 1 aromatic heterocycles. The molecule has 0 amide bonds. The Hall–Kier alpha value is -2.25. The Balaban J connectivity index is 1.54. The Morgan fingerprint density at radius 2 is 2.07 bits per heavy atom. The number of ether oxygens (including phenoxy) is 2. The number of aliphatic imine (C=N–C) groups is 1. The van der Waals surface area contributed by atoms with Crippen molar-refractivity contribution in [1.82, 2.24) is 9.88 Å². The number of rotatable bonds is 5. The van der Waals surface area contributed by atoms with Crippen molar-refractivity contribution in [3.05, 3.63) is 53.9 Å². The summed E-state index contributed by atoms with van der Waals surface area (Å²) in [4.78, 5) is 14.6. The maximum absolute atomic E-state index is 6.18. The third kappa shape index (κ3) is 3.65. The topological polar surface area (TPSA) is 50.2 Å². The second-order valence-electron chi connectivity index (χ2n) is 7.89. The van der Waals surface area contributed by atoms with Gasteiger partial charge >= 0.3 is 0 Å². The lowest BCUT2D eigenvalue weighted by molar-refractivity contribution is 0.122. The molecular formula is C23H28N4O2S. The Morgan fingerprint density at radius 3 is 2.83 bits per heavy atom. The maximum Gasteiger partial charge on any atom is 0.160 e. The normalized spacial score (nSPS) is 25.9. The van der Waals surface area contributed by atoms with Gasteiger partial charge in [-0.15, -0.1) is 0 Å². The van der Waals surface area contributed by atoms with Crippen LogP contribution in [0.3, 0.4) is 0 Å². The van der Waals surface area contributed by atoms with Crippen molar-refractivity contribution >= 4 is 22.6 Å². The molecular weight excluding hydrogens is 396 g/mol. The van der Waals surface area contributed by atoms with Gasteiger partial charge in [0, 0.05) is 48.4 Å². The molecule has 0 aliphatic carbocycles. The lowest BCUT2D eigenvalue weighted by Gasteiger charge is -2.32. The summed E-state index contributed by atoms with van der Waals surface area (Å²) in [6, 6.07) is 12.8. The standard InChI is InChI=1S/C23H28N4O2S/c1-3-29-20-14-17(26-10-12-28-13-11-26)7-8-18(20)22-21(19-6-4-5-9-24-19)25-23-27(22)15-16(2)30-23/h4-9,14,16,21-22H,3,10-13,15H2,1-2H3/t16-,21+,22+/m0/s1. The van der Waals surface area contributed by atoms with E-state index in [1.54, 1.807) is 0 Å². The summed E-state index contributed by atoms with van der Waals surface area (Å²) in [6.07, 6.45) is 1.86. The van der Waals surface area contributed by atoms with E-state index in [9.17, 15) is 0 Å². The first-order chi connectivity index (χ1) is 14.7. The van der Waals surface area contributed by atoms with Gasteiger partial charge in [0.1, 0.15) is 11.8 Å². The van der Waals surface area contributed by atoms with Crippen molar-refractivity contribution in [2.45, 2.75) is 31.2 Å². The quantitative estimate of drug-likeness (QED) is 0.726. The van der Waals surface area contributed by atoms with Gasteiger partial charge in [0.25, 0.3) is 0 Å². The number of fused-ring (bicyclic) bond motifs is 1. The van der Waals surface area contributed by atoms with E-state index >= 15 is 0 Å². The van der Waals surface area contributed by atoms with Crippen LogP contribution in [0.5, 0.6) is 5.75 Å². The van der Waals surface area contributed by atoms with Crippen LogP contribution < -0.4 is 9.64 Å². The molecule has 0 radical (unpaired) electrons. The molecule has 30 heavy (non-hydrogen) atoms. The number of nitrogens with zero attached hydrogens (tertiary/aromatic N) is 4. The van der Waals surface area contributed by atoms with Crippen molar-refractivity contribution in [3.63, 3.8) is 0 Å². The molecule has 2 saturated heterocycles. The van der Waals surface area contributed by atoms with Gasteiger partial charge < -0.3 is 19.3 Å². The zero-order valence-electron chi connectivity index (χ0n) is 17.5. The first kappa shape index (κ1) is 19.7. The van der Waals surface area contributed by atoms with E-state index < -0.39 is 0 Å².